The number of benzene rings is 1. The number of sulfone groups is 1. The molecule has 0 aromatic heterocycles. The van der Waals surface area contributed by atoms with Gasteiger partial charge in [0.15, 0.2) is 11.5 Å². The second kappa shape index (κ2) is 5.66. The van der Waals surface area contributed by atoms with Crippen LogP contribution in [0.15, 0.2) is 12.1 Å². The molecule has 2 N–H and O–H groups in total. The first kappa shape index (κ1) is 14.0. The van der Waals surface area contributed by atoms with Crippen molar-refractivity contribution in [2.45, 2.75) is 13.0 Å². The average molecular weight is 287 g/mol. The van der Waals surface area contributed by atoms with E-state index in [0.717, 1.165) is 5.56 Å². The lowest BCUT2D eigenvalue weighted by Gasteiger charge is -2.11. The lowest BCUT2D eigenvalue weighted by atomic mass is 10.2. The van der Waals surface area contributed by atoms with Crippen LogP contribution < -0.4 is 19.9 Å². The van der Waals surface area contributed by atoms with Gasteiger partial charge >= 0.3 is 0 Å². The molecule has 1 aromatic rings. The van der Waals surface area contributed by atoms with Crippen LogP contribution in [0.4, 0.5) is 0 Å². The second-order valence-electron chi connectivity index (χ2n) is 4.35. The van der Waals surface area contributed by atoms with E-state index in [1.165, 1.54) is 6.26 Å². The van der Waals surface area contributed by atoms with E-state index in [2.05, 4.69) is 0 Å². The lowest BCUT2D eigenvalue weighted by Crippen LogP contribution is -2.09. The third-order valence-electron chi connectivity index (χ3n) is 2.69. The summed E-state index contributed by atoms with van der Waals surface area (Å²) >= 11 is 0. The van der Waals surface area contributed by atoms with Gasteiger partial charge in [0.25, 0.3) is 0 Å². The highest BCUT2D eigenvalue weighted by Crippen LogP contribution is 2.38. The summed E-state index contributed by atoms with van der Waals surface area (Å²) in [5.74, 6) is 2.00. The van der Waals surface area contributed by atoms with Crippen molar-refractivity contribution in [2.75, 3.05) is 25.4 Å². The van der Waals surface area contributed by atoms with Gasteiger partial charge in [-0.25, -0.2) is 8.42 Å². The highest BCUT2D eigenvalue weighted by molar-refractivity contribution is 7.90. The van der Waals surface area contributed by atoms with Crippen molar-refractivity contribution >= 4 is 9.84 Å². The Morgan fingerprint density at radius 3 is 2.63 bits per heavy atom. The first-order chi connectivity index (χ1) is 8.99. The third-order valence-corrected chi connectivity index (χ3v) is 3.72. The standard InChI is InChI=1S/C12H17NO5S/c1-19(14,15)4-2-3-16-10-6-12-11(17-8-18-12)5-9(10)7-13/h5-6H,2-4,7-8,13H2,1H3. The van der Waals surface area contributed by atoms with Gasteiger partial charge in [-0.1, -0.05) is 0 Å². The Bertz CT molecular complexity index is 555. The van der Waals surface area contributed by atoms with E-state index >= 15 is 0 Å². The monoisotopic (exact) mass is 287 g/mol. The fraction of sp³-hybridized carbons (Fsp3) is 0.500. The van der Waals surface area contributed by atoms with Crippen LogP contribution in [0.1, 0.15) is 12.0 Å². The summed E-state index contributed by atoms with van der Waals surface area (Å²) in [5.41, 5.74) is 6.45. The van der Waals surface area contributed by atoms with Crippen LogP contribution in [-0.2, 0) is 16.4 Å². The van der Waals surface area contributed by atoms with Gasteiger partial charge in [0.2, 0.25) is 6.79 Å². The van der Waals surface area contributed by atoms with E-state index in [1.807, 2.05) is 0 Å². The van der Waals surface area contributed by atoms with E-state index in [-0.39, 0.29) is 12.5 Å². The van der Waals surface area contributed by atoms with E-state index in [1.54, 1.807) is 12.1 Å². The summed E-state index contributed by atoms with van der Waals surface area (Å²) < 4.78 is 38.1. The predicted molar refractivity (Wildman–Crippen MR) is 70.3 cm³/mol. The first-order valence-electron chi connectivity index (χ1n) is 5.93. The maximum Gasteiger partial charge on any atom is 0.231 e. The SMILES string of the molecule is CS(=O)(=O)CCCOc1cc2c(cc1CN)OCO2. The Labute approximate surface area is 112 Å². The van der Waals surface area contributed by atoms with Gasteiger partial charge in [-0.15, -0.1) is 0 Å². The summed E-state index contributed by atoms with van der Waals surface area (Å²) in [5, 5.41) is 0. The molecule has 0 amide bonds. The molecule has 1 aliphatic rings. The zero-order chi connectivity index (χ0) is 13.9. The van der Waals surface area contributed by atoms with Crippen molar-refractivity contribution in [3.63, 3.8) is 0 Å². The molecular weight excluding hydrogens is 270 g/mol. The van der Waals surface area contributed by atoms with Gasteiger partial charge < -0.3 is 19.9 Å². The van der Waals surface area contributed by atoms with Crippen molar-refractivity contribution in [3.05, 3.63) is 17.7 Å². The molecular formula is C12H17NO5S. The fourth-order valence-corrected chi connectivity index (χ4v) is 2.40. The highest BCUT2D eigenvalue weighted by Gasteiger charge is 2.17. The highest BCUT2D eigenvalue weighted by atomic mass is 32.2. The number of rotatable bonds is 6. The quantitative estimate of drug-likeness (QED) is 0.774. The number of ether oxygens (including phenoxy) is 3. The van der Waals surface area contributed by atoms with Crippen LogP contribution >= 0.6 is 0 Å². The van der Waals surface area contributed by atoms with Crippen molar-refractivity contribution in [3.8, 4) is 17.2 Å². The first-order valence-corrected chi connectivity index (χ1v) is 7.99. The van der Waals surface area contributed by atoms with Crippen molar-refractivity contribution < 1.29 is 22.6 Å². The van der Waals surface area contributed by atoms with Crippen LogP contribution in [0.25, 0.3) is 0 Å². The number of hydrogen-bond acceptors (Lipinski definition) is 6. The minimum absolute atomic E-state index is 0.107. The molecule has 0 bridgehead atoms. The summed E-state index contributed by atoms with van der Waals surface area (Å²) in [4.78, 5) is 0. The molecule has 1 aromatic carbocycles. The van der Waals surface area contributed by atoms with Gasteiger partial charge in [-0.3, -0.25) is 0 Å². The average Bonchev–Trinajstić information content (AvgIpc) is 2.79. The molecule has 1 aliphatic heterocycles. The van der Waals surface area contributed by atoms with Crippen molar-refractivity contribution in [1.29, 1.82) is 0 Å². The predicted octanol–water partition coefficient (Wildman–Crippen LogP) is 0.688. The van der Waals surface area contributed by atoms with Crippen molar-refractivity contribution in [1.82, 2.24) is 0 Å². The molecule has 7 heteroatoms. The van der Waals surface area contributed by atoms with E-state index in [0.29, 0.717) is 36.8 Å². The van der Waals surface area contributed by atoms with E-state index in [9.17, 15) is 8.42 Å². The molecule has 0 unspecified atom stereocenters. The smallest absolute Gasteiger partial charge is 0.231 e. The van der Waals surface area contributed by atoms with Gasteiger partial charge in [0.05, 0.1) is 12.4 Å². The minimum atomic E-state index is -2.95. The Morgan fingerprint density at radius 1 is 1.32 bits per heavy atom. The van der Waals surface area contributed by atoms with Crippen LogP contribution in [0, 0.1) is 0 Å². The van der Waals surface area contributed by atoms with Crippen LogP contribution in [0.3, 0.4) is 0 Å². The van der Waals surface area contributed by atoms with Crippen LogP contribution in [-0.4, -0.2) is 33.8 Å². The molecule has 106 valence electrons. The van der Waals surface area contributed by atoms with Crippen LogP contribution in [0.5, 0.6) is 17.2 Å². The largest absolute Gasteiger partial charge is 0.493 e. The Kier molecular flexibility index (Phi) is 4.16. The van der Waals surface area contributed by atoms with Gasteiger partial charge in [-0.05, 0) is 12.5 Å². The molecule has 0 atom stereocenters. The minimum Gasteiger partial charge on any atom is -0.493 e. The number of nitrogens with two attached hydrogens (primary N) is 1. The van der Waals surface area contributed by atoms with Gasteiger partial charge in [-0.2, -0.15) is 0 Å². The van der Waals surface area contributed by atoms with E-state index in [4.69, 9.17) is 19.9 Å². The number of hydrogen-bond donors (Lipinski definition) is 1. The molecule has 2 rings (SSSR count). The Morgan fingerprint density at radius 2 is 2.00 bits per heavy atom. The zero-order valence-electron chi connectivity index (χ0n) is 10.7. The molecule has 0 spiro atoms. The molecule has 0 aliphatic carbocycles. The Hall–Kier alpha value is -1.47. The van der Waals surface area contributed by atoms with E-state index < -0.39 is 9.84 Å². The summed E-state index contributed by atoms with van der Waals surface area (Å²) in [6.07, 6.45) is 1.65. The summed E-state index contributed by atoms with van der Waals surface area (Å²) in [6.45, 7) is 0.828. The molecule has 6 nitrogen and oxygen atoms in total. The van der Waals surface area contributed by atoms with Gasteiger partial charge in [0.1, 0.15) is 15.6 Å². The molecule has 0 saturated heterocycles. The second-order valence-corrected chi connectivity index (χ2v) is 6.61. The maximum absolute atomic E-state index is 11.0. The molecule has 0 radical (unpaired) electrons. The molecule has 1 heterocycles. The maximum atomic E-state index is 11.0. The third kappa shape index (κ3) is 3.74. The Balaban J connectivity index is 2.00. The van der Waals surface area contributed by atoms with Gasteiger partial charge in [0, 0.05) is 24.4 Å². The molecule has 0 fully saturated rings. The topological polar surface area (TPSA) is 87.9 Å². The summed E-state index contributed by atoms with van der Waals surface area (Å²) in [6, 6.07) is 3.51. The van der Waals surface area contributed by atoms with Crippen molar-refractivity contribution in [2.24, 2.45) is 5.73 Å². The fourth-order valence-electron chi connectivity index (χ4n) is 1.76. The van der Waals surface area contributed by atoms with Crippen LogP contribution in [0.2, 0.25) is 0 Å². The molecule has 19 heavy (non-hydrogen) atoms. The number of fused-ring (bicyclic) bond motifs is 1. The molecule has 0 saturated carbocycles. The lowest BCUT2D eigenvalue weighted by molar-refractivity contribution is 0.173. The zero-order valence-corrected chi connectivity index (χ0v) is 11.5. The summed E-state index contributed by atoms with van der Waals surface area (Å²) in [7, 11) is -2.95. The normalized spacial score (nSPS) is 13.6.